The number of pyridine rings is 1. The number of hydrogen-bond acceptors (Lipinski definition) is 4. The average molecular weight is 216 g/mol. The summed E-state index contributed by atoms with van der Waals surface area (Å²) in [6.45, 7) is 0. The summed E-state index contributed by atoms with van der Waals surface area (Å²) in [4.78, 5) is 4.13. The quantitative estimate of drug-likeness (QED) is 0.791. The summed E-state index contributed by atoms with van der Waals surface area (Å²) in [5.41, 5.74) is 1.99. The first kappa shape index (κ1) is 9.39. The molecule has 1 aliphatic carbocycles. The van der Waals surface area contributed by atoms with Crippen molar-refractivity contribution in [2.75, 3.05) is 7.11 Å². The molecule has 0 bridgehead atoms. The number of hydrogen-bond donors (Lipinski definition) is 0. The van der Waals surface area contributed by atoms with E-state index in [-0.39, 0.29) is 0 Å². The minimum Gasteiger partial charge on any atom is -0.481 e. The fourth-order valence-corrected chi connectivity index (χ4v) is 1.64. The summed E-state index contributed by atoms with van der Waals surface area (Å²) in [5.74, 6) is 1.99. The Hall–Kier alpha value is -1.84. The second-order valence-corrected chi connectivity index (χ2v) is 3.98. The number of aromatic nitrogens is 2. The highest BCUT2D eigenvalue weighted by molar-refractivity contribution is 5.56. The predicted octanol–water partition coefficient (Wildman–Crippen LogP) is 2.62. The van der Waals surface area contributed by atoms with Crippen LogP contribution in [-0.4, -0.2) is 17.3 Å². The summed E-state index contributed by atoms with van der Waals surface area (Å²) in [7, 11) is 1.60. The first-order valence-electron chi connectivity index (χ1n) is 5.34. The van der Waals surface area contributed by atoms with E-state index in [4.69, 9.17) is 9.26 Å². The van der Waals surface area contributed by atoms with Crippen molar-refractivity contribution >= 4 is 0 Å². The second-order valence-electron chi connectivity index (χ2n) is 3.98. The molecule has 3 rings (SSSR count). The Kier molecular flexibility index (Phi) is 2.13. The summed E-state index contributed by atoms with van der Waals surface area (Å²) in [6.07, 6.45) is 4.19. The van der Waals surface area contributed by atoms with Crippen LogP contribution in [0.4, 0.5) is 0 Å². The lowest BCUT2D eigenvalue weighted by Crippen LogP contribution is -1.86. The van der Waals surface area contributed by atoms with E-state index < -0.39 is 0 Å². The molecule has 1 fully saturated rings. The largest absolute Gasteiger partial charge is 0.481 e. The number of methoxy groups -OCH3 is 1. The van der Waals surface area contributed by atoms with E-state index in [2.05, 4.69) is 10.1 Å². The van der Waals surface area contributed by atoms with Crippen LogP contribution in [0.15, 0.2) is 28.9 Å². The Morgan fingerprint density at radius 1 is 1.38 bits per heavy atom. The second kappa shape index (κ2) is 3.63. The van der Waals surface area contributed by atoms with Crippen molar-refractivity contribution in [1.29, 1.82) is 0 Å². The molecule has 4 heteroatoms. The molecular weight excluding hydrogens is 204 g/mol. The molecule has 0 saturated heterocycles. The maximum atomic E-state index is 5.29. The van der Waals surface area contributed by atoms with Crippen molar-refractivity contribution in [2.45, 2.75) is 18.8 Å². The highest BCUT2D eigenvalue weighted by Crippen LogP contribution is 2.40. The van der Waals surface area contributed by atoms with Crippen LogP contribution in [-0.2, 0) is 0 Å². The summed E-state index contributed by atoms with van der Waals surface area (Å²) in [5, 5.41) is 4.06. The molecule has 0 spiro atoms. The third kappa shape index (κ3) is 1.66. The van der Waals surface area contributed by atoms with Crippen molar-refractivity contribution in [2.24, 2.45) is 0 Å². The highest BCUT2D eigenvalue weighted by atomic mass is 16.5. The zero-order valence-electron chi connectivity index (χ0n) is 9.01. The average Bonchev–Trinajstić information content (AvgIpc) is 3.08. The van der Waals surface area contributed by atoms with Crippen molar-refractivity contribution in [3.05, 3.63) is 30.1 Å². The van der Waals surface area contributed by atoms with Crippen LogP contribution >= 0.6 is 0 Å². The first-order valence-corrected chi connectivity index (χ1v) is 5.34. The molecule has 1 aliphatic rings. The lowest BCUT2D eigenvalue weighted by atomic mass is 10.2. The van der Waals surface area contributed by atoms with Gasteiger partial charge in [-0.3, -0.25) is 0 Å². The van der Waals surface area contributed by atoms with Crippen LogP contribution in [0.1, 0.15) is 24.5 Å². The zero-order valence-corrected chi connectivity index (χ0v) is 9.01. The third-order valence-electron chi connectivity index (χ3n) is 2.75. The summed E-state index contributed by atoms with van der Waals surface area (Å²) >= 11 is 0. The van der Waals surface area contributed by atoms with Crippen LogP contribution < -0.4 is 4.74 Å². The Morgan fingerprint density at radius 3 is 2.88 bits per heavy atom. The van der Waals surface area contributed by atoms with Gasteiger partial charge in [0.15, 0.2) is 5.76 Å². The predicted molar refractivity (Wildman–Crippen MR) is 58.3 cm³/mol. The smallest absolute Gasteiger partial charge is 0.212 e. The molecule has 0 aromatic carbocycles. The number of rotatable bonds is 3. The van der Waals surface area contributed by atoms with E-state index in [0.29, 0.717) is 11.8 Å². The van der Waals surface area contributed by atoms with Crippen molar-refractivity contribution in [3.8, 4) is 17.2 Å². The minimum absolute atomic E-state index is 0.602. The monoisotopic (exact) mass is 216 g/mol. The molecule has 0 amide bonds. The first-order chi connectivity index (χ1) is 7.86. The van der Waals surface area contributed by atoms with E-state index in [0.717, 1.165) is 17.0 Å². The SMILES string of the molecule is COc1ccc(-c2cc(C3CC3)no2)cn1. The van der Waals surface area contributed by atoms with Gasteiger partial charge in [0.25, 0.3) is 0 Å². The van der Waals surface area contributed by atoms with Gasteiger partial charge >= 0.3 is 0 Å². The molecule has 2 aromatic rings. The van der Waals surface area contributed by atoms with E-state index in [9.17, 15) is 0 Å². The fraction of sp³-hybridized carbons (Fsp3) is 0.333. The van der Waals surface area contributed by atoms with Gasteiger partial charge in [-0.05, 0) is 18.9 Å². The molecule has 0 atom stereocenters. The van der Waals surface area contributed by atoms with Gasteiger partial charge in [-0.25, -0.2) is 4.98 Å². The van der Waals surface area contributed by atoms with Gasteiger partial charge in [-0.1, -0.05) is 5.16 Å². The molecule has 2 heterocycles. The van der Waals surface area contributed by atoms with Gasteiger partial charge in [0.2, 0.25) is 5.88 Å². The molecule has 2 aromatic heterocycles. The number of ether oxygens (including phenoxy) is 1. The normalized spacial score (nSPS) is 15.1. The molecule has 0 unspecified atom stereocenters. The Bertz CT molecular complexity index is 486. The Balaban J connectivity index is 1.88. The van der Waals surface area contributed by atoms with Crippen LogP contribution in [0.3, 0.4) is 0 Å². The van der Waals surface area contributed by atoms with E-state index in [1.165, 1.54) is 12.8 Å². The molecule has 82 valence electrons. The zero-order chi connectivity index (χ0) is 11.0. The third-order valence-corrected chi connectivity index (χ3v) is 2.75. The van der Waals surface area contributed by atoms with E-state index >= 15 is 0 Å². The Morgan fingerprint density at radius 2 is 2.25 bits per heavy atom. The lowest BCUT2D eigenvalue weighted by molar-refractivity contribution is 0.397. The molecule has 0 N–H and O–H groups in total. The standard InChI is InChI=1S/C12H12N2O2/c1-15-12-5-4-9(7-13-12)11-6-10(14-16-11)8-2-3-8/h4-8H,2-3H2,1H3. The topological polar surface area (TPSA) is 48.2 Å². The maximum absolute atomic E-state index is 5.29. The number of nitrogens with zero attached hydrogens (tertiary/aromatic N) is 2. The molecule has 16 heavy (non-hydrogen) atoms. The molecular formula is C12H12N2O2. The van der Waals surface area contributed by atoms with Crippen LogP contribution in [0.2, 0.25) is 0 Å². The van der Waals surface area contributed by atoms with Gasteiger partial charge in [0, 0.05) is 29.8 Å². The van der Waals surface area contributed by atoms with Crippen LogP contribution in [0.25, 0.3) is 11.3 Å². The van der Waals surface area contributed by atoms with Crippen LogP contribution in [0.5, 0.6) is 5.88 Å². The molecule has 0 aliphatic heterocycles. The Labute approximate surface area is 93.2 Å². The van der Waals surface area contributed by atoms with Crippen molar-refractivity contribution < 1.29 is 9.26 Å². The fourth-order valence-electron chi connectivity index (χ4n) is 1.64. The maximum Gasteiger partial charge on any atom is 0.212 e. The van der Waals surface area contributed by atoms with Gasteiger partial charge in [0.05, 0.1) is 12.8 Å². The molecule has 1 saturated carbocycles. The summed E-state index contributed by atoms with van der Waals surface area (Å²) < 4.78 is 10.3. The van der Waals surface area contributed by atoms with Crippen molar-refractivity contribution in [1.82, 2.24) is 10.1 Å². The van der Waals surface area contributed by atoms with Gasteiger partial charge in [-0.15, -0.1) is 0 Å². The van der Waals surface area contributed by atoms with Gasteiger partial charge in [-0.2, -0.15) is 0 Å². The van der Waals surface area contributed by atoms with Gasteiger partial charge in [0.1, 0.15) is 0 Å². The van der Waals surface area contributed by atoms with Gasteiger partial charge < -0.3 is 9.26 Å². The van der Waals surface area contributed by atoms with Crippen molar-refractivity contribution in [3.63, 3.8) is 0 Å². The molecule has 0 radical (unpaired) electrons. The van der Waals surface area contributed by atoms with Crippen LogP contribution in [0, 0.1) is 0 Å². The van der Waals surface area contributed by atoms with E-state index in [1.807, 2.05) is 18.2 Å². The summed E-state index contributed by atoms with van der Waals surface area (Å²) in [6, 6.07) is 5.73. The lowest BCUT2D eigenvalue weighted by Gasteiger charge is -1.98. The molecule has 4 nitrogen and oxygen atoms in total. The highest BCUT2D eigenvalue weighted by Gasteiger charge is 2.27. The van der Waals surface area contributed by atoms with E-state index in [1.54, 1.807) is 13.3 Å². The minimum atomic E-state index is 0.602.